The van der Waals surface area contributed by atoms with Crippen LogP contribution in [0.5, 0.6) is 0 Å². The van der Waals surface area contributed by atoms with Gasteiger partial charge < -0.3 is 10.6 Å². The van der Waals surface area contributed by atoms with Crippen LogP contribution in [0.3, 0.4) is 0 Å². The molecule has 21 heavy (non-hydrogen) atoms. The fourth-order valence-corrected chi connectivity index (χ4v) is 3.94. The number of nitrogens with two attached hydrogens (primary N) is 1. The van der Waals surface area contributed by atoms with Crippen LogP contribution in [0, 0.1) is 0 Å². The van der Waals surface area contributed by atoms with Gasteiger partial charge in [0.1, 0.15) is 4.21 Å². The highest BCUT2D eigenvalue weighted by Crippen LogP contribution is 2.19. The Morgan fingerprint density at radius 3 is 2.48 bits per heavy atom. The Labute approximate surface area is 131 Å². The van der Waals surface area contributed by atoms with Crippen molar-refractivity contribution < 1.29 is 8.42 Å². The molecule has 2 aromatic heterocycles. The van der Waals surface area contributed by atoms with Gasteiger partial charge in [-0.3, -0.25) is 4.99 Å². The maximum absolute atomic E-state index is 11.2. The largest absolute Gasteiger partial charge is 0.352 e. The Hall–Kier alpha value is -1.42. The van der Waals surface area contributed by atoms with Crippen LogP contribution in [-0.4, -0.2) is 21.4 Å². The van der Waals surface area contributed by atoms with Crippen LogP contribution in [-0.2, 0) is 23.1 Å². The maximum atomic E-state index is 11.2. The third-order valence-corrected chi connectivity index (χ3v) is 5.98. The van der Waals surface area contributed by atoms with E-state index in [-0.39, 0.29) is 4.21 Å². The van der Waals surface area contributed by atoms with E-state index in [9.17, 15) is 8.42 Å². The van der Waals surface area contributed by atoms with Gasteiger partial charge in [-0.25, -0.2) is 13.6 Å². The van der Waals surface area contributed by atoms with Crippen LogP contribution in [0.2, 0.25) is 0 Å². The summed E-state index contributed by atoms with van der Waals surface area (Å²) in [6.45, 7) is 1.19. The first-order valence-corrected chi connectivity index (χ1v) is 9.31. The minimum absolute atomic E-state index is 0.167. The van der Waals surface area contributed by atoms with Crippen molar-refractivity contribution in [2.45, 2.75) is 17.3 Å². The van der Waals surface area contributed by atoms with Crippen LogP contribution in [0.15, 0.2) is 38.8 Å². The first kappa shape index (κ1) is 16.0. The normalized spacial score (nSPS) is 12.4. The van der Waals surface area contributed by atoms with E-state index < -0.39 is 10.0 Å². The molecule has 0 radical (unpaired) electrons. The van der Waals surface area contributed by atoms with E-state index in [1.165, 1.54) is 10.9 Å². The van der Waals surface area contributed by atoms with Crippen molar-refractivity contribution in [3.8, 4) is 0 Å². The van der Waals surface area contributed by atoms with Gasteiger partial charge in [-0.2, -0.15) is 0 Å². The fraction of sp³-hybridized carbons (Fsp3) is 0.250. The number of hydrogen-bond donors (Lipinski definition) is 3. The fourth-order valence-electron chi connectivity index (χ4n) is 1.58. The number of rotatable bonds is 5. The van der Waals surface area contributed by atoms with E-state index >= 15 is 0 Å². The molecule has 2 rings (SSSR count). The van der Waals surface area contributed by atoms with Crippen LogP contribution in [0.4, 0.5) is 0 Å². The Kier molecular flexibility index (Phi) is 5.34. The smallest absolute Gasteiger partial charge is 0.247 e. The summed E-state index contributed by atoms with van der Waals surface area (Å²) in [5.74, 6) is 0.661. The Bertz CT molecular complexity index is 705. The zero-order valence-electron chi connectivity index (χ0n) is 11.4. The first-order valence-electron chi connectivity index (χ1n) is 6.07. The number of primary sulfonamides is 1. The summed E-state index contributed by atoms with van der Waals surface area (Å²) in [7, 11) is -1.93. The summed E-state index contributed by atoms with van der Waals surface area (Å²) in [5, 5.41) is 13.4. The molecule has 0 aliphatic rings. The van der Waals surface area contributed by atoms with E-state index in [2.05, 4.69) is 15.6 Å². The van der Waals surface area contributed by atoms with Crippen molar-refractivity contribution in [2.24, 2.45) is 10.1 Å². The van der Waals surface area contributed by atoms with Gasteiger partial charge in [0.15, 0.2) is 5.96 Å². The molecule has 0 saturated heterocycles. The molecule has 0 spiro atoms. The average Bonchev–Trinajstić information content (AvgIpc) is 3.09. The number of aliphatic imine (C=N–C) groups is 1. The monoisotopic (exact) mass is 344 g/mol. The van der Waals surface area contributed by atoms with Crippen LogP contribution >= 0.6 is 22.7 Å². The summed E-state index contributed by atoms with van der Waals surface area (Å²) in [4.78, 5) is 6.21. The molecule has 0 amide bonds. The van der Waals surface area contributed by atoms with Gasteiger partial charge in [0.05, 0.1) is 13.1 Å². The molecular weight excluding hydrogens is 328 g/mol. The standard InChI is InChI=1S/C12H16N4O2S3/c1-14-12(15-7-9-3-2-6-19-9)16-8-10-4-5-11(20-10)21(13,17)18/h2-6H,7-8H2,1H3,(H2,13,17,18)(H2,14,15,16). The van der Waals surface area contributed by atoms with Gasteiger partial charge in [-0.1, -0.05) is 6.07 Å². The van der Waals surface area contributed by atoms with Gasteiger partial charge in [0.25, 0.3) is 0 Å². The lowest BCUT2D eigenvalue weighted by Gasteiger charge is -2.10. The second kappa shape index (κ2) is 7.03. The van der Waals surface area contributed by atoms with Crippen LogP contribution < -0.4 is 15.8 Å². The van der Waals surface area contributed by atoms with Crippen molar-refractivity contribution >= 4 is 38.7 Å². The summed E-state index contributed by atoms with van der Waals surface area (Å²) in [6.07, 6.45) is 0. The molecule has 0 saturated carbocycles. The van der Waals surface area contributed by atoms with Gasteiger partial charge >= 0.3 is 0 Å². The highest BCUT2D eigenvalue weighted by molar-refractivity contribution is 7.91. The van der Waals surface area contributed by atoms with E-state index in [1.807, 2.05) is 17.5 Å². The molecule has 2 heterocycles. The molecule has 2 aromatic rings. The van der Waals surface area contributed by atoms with Crippen LogP contribution in [0.25, 0.3) is 0 Å². The quantitative estimate of drug-likeness (QED) is 0.563. The average molecular weight is 344 g/mol. The summed E-state index contributed by atoms with van der Waals surface area (Å²) >= 11 is 2.82. The summed E-state index contributed by atoms with van der Waals surface area (Å²) < 4.78 is 22.6. The van der Waals surface area contributed by atoms with Crippen molar-refractivity contribution in [3.63, 3.8) is 0 Å². The van der Waals surface area contributed by atoms with Gasteiger partial charge in [-0.15, -0.1) is 22.7 Å². The predicted molar refractivity (Wildman–Crippen MR) is 87.0 cm³/mol. The highest BCUT2D eigenvalue weighted by Gasteiger charge is 2.11. The Morgan fingerprint density at radius 2 is 1.95 bits per heavy atom. The first-order chi connectivity index (χ1) is 9.99. The van der Waals surface area contributed by atoms with Gasteiger partial charge in [-0.05, 0) is 23.6 Å². The molecule has 0 aliphatic heterocycles. The lowest BCUT2D eigenvalue weighted by atomic mass is 10.4. The molecule has 0 aromatic carbocycles. The van der Waals surface area contributed by atoms with E-state index in [0.29, 0.717) is 19.0 Å². The molecule has 0 atom stereocenters. The Morgan fingerprint density at radius 1 is 1.24 bits per heavy atom. The number of nitrogens with one attached hydrogen (secondary N) is 2. The minimum atomic E-state index is -3.62. The van der Waals surface area contributed by atoms with E-state index in [0.717, 1.165) is 16.2 Å². The summed E-state index contributed by atoms with van der Waals surface area (Å²) in [5.41, 5.74) is 0. The number of hydrogen-bond acceptors (Lipinski definition) is 5. The molecule has 6 nitrogen and oxygen atoms in total. The number of nitrogens with zero attached hydrogens (tertiary/aromatic N) is 1. The minimum Gasteiger partial charge on any atom is -0.352 e. The second-order valence-electron chi connectivity index (χ2n) is 4.12. The number of thiophene rings is 2. The zero-order chi connectivity index (χ0) is 15.3. The number of sulfonamides is 1. The third-order valence-electron chi connectivity index (χ3n) is 2.58. The topological polar surface area (TPSA) is 96.6 Å². The molecule has 0 bridgehead atoms. The van der Waals surface area contributed by atoms with E-state index in [1.54, 1.807) is 24.5 Å². The molecule has 0 fully saturated rings. The Balaban J connectivity index is 1.87. The molecular formula is C12H16N4O2S3. The van der Waals surface area contributed by atoms with Gasteiger partial charge in [0.2, 0.25) is 10.0 Å². The molecule has 4 N–H and O–H groups in total. The van der Waals surface area contributed by atoms with Gasteiger partial charge in [0, 0.05) is 16.8 Å². The molecule has 114 valence electrons. The lowest BCUT2D eigenvalue weighted by Crippen LogP contribution is -2.35. The van der Waals surface area contributed by atoms with Crippen molar-refractivity contribution in [3.05, 3.63) is 39.4 Å². The lowest BCUT2D eigenvalue weighted by molar-refractivity contribution is 0.600. The third kappa shape index (κ3) is 4.81. The predicted octanol–water partition coefficient (Wildman–Crippen LogP) is 1.32. The molecule has 0 unspecified atom stereocenters. The zero-order valence-corrected chi connectivity index (χ0v) is 13.8. The summed E-state index contributed by atoms with van der Waals surface area (Å²) in [6, 6.07) is 7.30. The molecule has 9 heteroatoms. The van der Waals surface area contributed by atoms with Crippen LogP contribution in [0.1, 0.15) is 9.75 Å². The second-order valence-corrected chi connectivity index (χ2v) is 8.11. The van der Waals surface area contributed by atoms with Crippen molar-refractivity contribution in [1.82, 2.24) is 10.6 Å². The SMILES string of the molecule is CN=C(NCc1cccs1)NCc1ccc(S(N)(=O)=O)s1. The molecule has 0 aliphatic carbocycles. The van der Waals surface area contributed by atoms with Crippen molar-refractivity contribution in [1.29, 1.82) is 0 Å². The number of guanidine groups is 1. The van der Waals surface area contributed by atoms with Crippen molar-refractivity contribution in [2.75, 3.05) is 7.05 Å². The van der Waals surface area contributed by atoms with E-state index in [4.69, 9.17) is 5.14 Å². The maximum Gasteiger partial charge on any atom is 0.247 e. The highest BCUT2D eigenvalue weighted by atomic mass is 32.2.